The monoisotopic (exact) mass is 1430 g/mol. The van der Waals surface area contributed by atoms with Crippen LogP contribution in [0, 0.1) is 0 Å². The van der Waals surface area contributed by atoms with Gasteiger partial charge in [0.2, 0.25) is 0 Å². The molecule has 0 aromatic rings. The smallest absolute Gasteiger partial charge is 0.463 e. The number of hydrogen-bond acceptors (Lipinski definition) is 23. The van der Waals surface area contributed by atoms with E-state index in [0.717, 1.165) is 116 Å². The van der Waals surface area contributed by atoms with Crippen LogP contribution in [0.4, 0.5) is 0 Å². The SMILES string of the molecule is CCCCCC/C=C\CCCCCCCCCC(=O)OCC1OC(OC2C(O)C(O)C(O)C(OC3OC(CO)C(O)C(O)C3O)C2OP(=O)(O)OCC(COC(=O)CCCCCCCCCCCCC)OC(=O)CCCCCCCCCCCCCCCCCCC)C(O)C(O)C1O. The van der Waals surface area contributed by atoms with Crippen molar-refractivity contribution in [3.05, 3.63) is 12.2 Å². The molecule has 576 valence electrons. The average molecular weight is 1430 g/mol. The van der Waals surface area contributed by atoms with E-state index in [2.05, 4.69) is 32.9 Å². The fraction of sp³-hybridized carbons (Fsp3) is 0.932. The average Bonchev–Trinajstić information content (AvgIpc) is 0.762. The van der Waals surface area contributed by atoms with Gasteiger partial charge in [0.15, 0.2) is 18.7 Å². The Morgan fingerprint density at radius 1 is 0.388 bits per heavy atom. The van der Waals surface area contributed by atoms with Crippen LogP contribution in [-0.4, -0.2) is 204 Å². The summed E-state index contributed by atoms with van der Waals surface area (Å²) < 4.78 is 65.0. The van der Waals surface area contributed by atoms with E-state index in [1.165, 1.54) is 128 Å². The summed E-state index contributed by atoms with van der Waals surface area (Å²) in [4.78, 5) is 51.0. The Morgan fingerprint density at radius 3 is 1.11 bits per heavy atom. The molecule has 1 saturated carbocycles. The molecule has 24 nitrogen and oxygen atoms in total. The molecule has 11 N–H and O–H groups in total. The van der Waals surface area contributed by atoms with Gasteiger partial charge in [-0.1, -0.05) is 251 Å². The number of phosphoric ester groups is 1. The second-order valence-corrected chi connectivity index (χ2v) is 29.1. The topological polar surface area (TPSA) is 374 Å². The van der Waals surface area contributed by atoms with Gasteiger partial charge in [-0.15, -0.1) is 0 Å². The number of allylic oxidation sites excluding steroid dienone is 2. The van der Waals surface area contributed by atoms with E-state index in [0.29, 0.717) is 19.3 Å². The summed E-state index contributed by atoms with van der Waals surface area (Å²) in [6.07, 6.45) is 14.2. The van der Waals surface area contributed by atoms with Crippen molar-refractivity contribution in [3.63, 3.8) is 0 Å². The Morgan fingerprint density at radius 2 is 0.714 bits per heavy atom. The first-order chi connectivity index (χ1) is 47.3. The van der Waals surface area contributed by atoms with E-state index >= 15 is 0 Å². The molecule has 3 fully saturated rings. The minimum atomic E-state index is -5.69. The molecule has 0 amide bonds. The Hall–Kier alpha value is -2.30. The zero-order valence-electron chi connectivity index (χ0n) is 60.1. The van der Waals surface area contributed by atoms with E-state index in [4.69, 9.17) is 42.2 Å². The van der Waals surface area contributed by atoms with Gasteiger partial charge in [-0.25, -0.2) is 4.57 Å². The number of carbonyl (C=O) groups is 3. The molecule has 0 aromatic heterocycles. The molecular formula is C73H135O24P. The largest absolute Gasteiger partial charge is 0.472 e. The molecule has 3 rings (SSSR count). The lowest BCUT2D eigenvalue weighted by Crippen LogP contribution is -2.69. The van der Waals surface area contributed by atoms with E-state index in [1.807, 2.05) is 0 Å². The molecule has 25 heteroatoms. The van der Waals surface area contributed by atoms with Crippen molar-refractivity contribution in [1.29, 1.82) is 0 Å². The third kappa shape index (κ3) is 37.9. The van der Waals surface area contributed by atoms with Crippen molar-refractivity contribution in [2.24, 2.45) is 0 Å². The maximum Gasteiger partial charge on any atom is 0.472 e. The molecule has 3 aliphatic rings. The number of carbonyl (C=O) groups excluding carboxylic acids is 3. The van der Waals surface area contributed by atoms with Crippen LogP contribution >= 0.6 is 7.82 Å². The maximum atomic E-state index is 14.3. The summed E-state index contributed by atoms with van der Waals surface area (Å²) in [5.74, 6) is -1.98. The van der Waals surface area contributed by atoms with Crippen molar-refractivity contribution >= 4 is 25.7 Å². The van der Waals surface area contributed by atoms with Crippen LogP contribution in [0.25, 0.3) is 0 Å². The lowest BCUT2D eigenvalue weighted by atomic mass is 9.84. The second kappa shape index (κ2) is 55.2. The van der Waals surface area contributed by atoms with Gasteiger partial charge in [-0.3, -0.25) is 23.4 Å². The summed E-state index contributed by atoms with van der Waals surface area (Å²) in [5.41, 5.74) is 0. The normalized spacial score (nSPS) is 27.7. The molecule has 2 aliphatic heterocycles. The van der Waals surface area contributed by atoms with Crippen LogP contribution in [0.15, 0.2) is 12.2 Å². The number of rotatable bonds is 60. The number of phosphoric acid groups is 1. The molecule has 0 spiro atoms. The van der Waals surface area contributed by atoms with Crippen LogP contribution in [-0.2, 0) is 61.2 Å². The Kier molecular flexibility index (Phi) is 50.7. The first kappa shape index (κ1) is 89.9. The van der Waals surface area contributed by atoms with Crippen molar-refractivity contribution in [2.75, 3.05) is 26.4 Å². The highest BCUT2D eigenvalue weighted by Gasteiger charge is 2.58. The van der Waals surface area contributed by atoms with E-state index < -0.39 is 156 Å². The molecule has 0 aromatic carbocycles. The van der Waals surface area contributed by atoms with Crippen LogP contribution in [0.1, 0.15) is 303 Å². The fourth-order valence-electron chi connectivity index (χ4n) is 12.8. The van der Waals surface area contributed by atoms with E-state index in [9.17, 15) is 74.9 Å². The number of ether oxygens (including phenoxy) is 7. The summed E-state index contributed by atoms with van der Waals surface area (Å²) >= 11 is 0. The zero-order chi connectivity index (χ0) is 71.8. The van der Waals surface area contributed by atoms with Crippen molar-refractivity contribution in [2.45, 2.75) is 407 Å². The summed E-state index contributed by atoms with van der Waals surface area (Å²) in [5, 5.41) is 110. The van der Waals surface area contributed by atoms with Crippen LogP contribution in [0.5, 0.6) is 0 Å². The van der Waals surface area contributed by atoms with Gasteiger partial charge < -0.3 is 89.1 Å². The van der Waals surface area contributed by atoms with Gasteiger partial charge in [0.1, 0.15) is 98.7 Å². The molecule has 2 heterocycles. The quantitative estimate of drug-likeness (QED) is 0.00886. The number of esters is 3. The van der Waals surface area contributed by atoms with Gasteiger partial charge in [-0.2, -0.15) is 0 Å². The van der Waals surface area contributed by atoms with Gasteiger partial charge in [0.25, 0.3) is 0 Å². The lowest BCUT2D eigenvalue weighted by Gasteiger charge is -2.49. The molecular weight excluding hydrogens is 1290 g/mol. The van der Waals surface area contributed by atoms with Crippen LogP contribution < -0.4 is 0 Å². The van der Waals surface area contributed by atoms with Crippen molar-refractivity contribution < 1.29 is 117 Å². The van der Waals surface area contributed by atoms with Crippen LogP contribution in [0.2, 0.25) is 0 Å². The van der Waals surface area contributed by atoms with Crippen molar-refractivity contribution in [3.8, 4) is 0 Å². The van der Waals surface area contributed by atoms with Crippen molar-refractivity contribution in [1.82, 2.24) is 0 Å². The minimum absolute atomic E-state index is 0.0248. The van der Waals surface area contributed by atoms with Gasteiger partial charge in [-0.05, 0) is 44.9 Å². The summed E-state index contributed by atoms with van der Waals surface area (Å²) in [6.45, 7) is 3.44. The Bertz CT molecular complexity index is 2080. The molecule has 2 saturated heterocycles. The number of hydrogen-bond donors (Lipinski definition) is 11. The van der Waals surface area contributed by atoms with Crippen LogP contribution in [0.3, 0.4) is 0 Å². The first-order valence-corrected chi connectivity index (χ1v) is 40.0. The highest BCUT2D eigenvalue weighted by Crippen LogP contribution is 2.49. The summed E-state index contributed by atoms with van der Waals surface area (Å²) in [7, 11) is -5.69. The molecule has 18 unspecified atom stereocenters. The number of aliphatic hydroxyl groups is 10. The molecule has 0 radical (unpaired) electrons. The zero-order valence-corrected chi connectivity index (χ0v) is 61.0. The van der Waals surface area contributed by atoms with E-state index in [-0.39, 0.29) is 19.3 Å². The highest BCUT2D eigenvalue weighted by molar-refractivity contribution is 7.47. The Labute approximate surface area is 586 Å². The molecule has 1 aliphatic carbocycles. The Balaban J connectivity index is 1.72. The second-order valence-electron chi connectivity index (χ2n) is 27.7. The summed E-state index contributed by atoms with van der Waals surface area (Å²) in [6, 6.07) is 0. The van der Waals surface area contributed by atoms with E-state index in [1.54, 1.807) is 0 Å². The highest BCUT2D eigenvalue weighted by atomic mass is 31.2. The fourth-order valence-corrected chi connectivity index (χ4v) is 13.7. The van der Waals surface area contributed by atoms with Gasteiger partial charge in [0, 0.05) is 19.3 Å². The standard InChI is InChI=1S/C73H135O24P/c1-4-7-10-13-16-19-22-24-26-27-29-31-34-37-40-43-46-49-59(77)92-54(51-89-57(75)47-44-41-38-35-32-21-18-15-12-9-6-3)52-91-98(87,88)97-71-69(95-72-67(85)62(80)60(78)55(50-74)93-72)65(83)64(82)66(84)70(71)96-73-68(86)63(81)61(79)56(94-73)53-90-58(76)48-45-42-39-36-33-30-28-25-23-20-17-14-11-8-5-2/h20,23,54-56,60-74,78-86H,4-19,21-22,24-53H2,1-3H3,(H,87,88)/b23-20-. The number of aliphatic hydroxyl groups excluding tert-OH is 10. The molecule has 0 bridgehead atoms. The van der Waals surface area contributed by atoms with Gasteiger partial charge in [0.05, 0.1) is 13.2 Å². The molecule has 98 heavy (non-hydrogen) atoms. The predicted octanol–water partition coefficient (Wildman–Crippen LogP) is 10.7. The number of unbranched alkanes of at least 4 members (excludes halogenated alkanes) is 37. The predicted molar refractivity (Wildman–Crippen MR) is 370 cm³/mol. The minimum Gasteiger partial charge on any atom is -0.463 e. The molecule has 18 atom stereocenters. The third-order valence-electron chi connectivity index (χ3n) is 19.0. The van der Waals surface area contributed by atoms with Gasteiger partial charge >= 0.3 is 25.7 Å². The lowest BCUT2D eigenvalue weighted by molar-refractivity contribution is -0.360. The maximum absolute atomic E-state index is 14.3. The first-order valence-electron chi connectivity index (χ1n) is 38.5. The third-order valence-corrected chi connectivity index (χ3v) is 20.0.